The van der Waals surface area contributed by atoms with E-state index in [9.17, 15) is 9.59 Å². The van der Waals surface area contributed by atoms with Gasteiger partial charge in [-0.3, -0.25) is 14.6 Å². The third kappa shape index (κ3) is 7.80. The van der Waals surface area contributed by atoms with E-state index in [1.807, 2.05) is 81.4 Å². The first-order chi connectivity index (χ1) is 21.4. The fourth-order valence-electron chi connectivity index (χ4n) is 4.40. The van der Waals surface area contributed by atoms with Gasteiger partial charge in [-0.25, -0.2) is 0 Å². The number of rotatable bonds is 12. The lowest BCUT2D eigenvalue weighted by Gasteiger charge is -2.18. The molecule has 0 saturated carbocycles. The van der Waals surface area contributed by atoms with Crippen molar-refractivity contribution in [2.24, 2.45) is 0 Å². The van der Waals surface area contributed by atoms with Gasteiger partial charge in [0, 0.05) is 11.6 Å². The maximum atomic E-state index is 13.1. The number of aromatic nitrogens is 1. The van der Waals surface area contributed by atoms with Crippen LogP contribution in [0.25, 0.3) is 0 Å². The lowest BCUT2D eigenvalue weighted by atomic mass is 10.0. The number of pyridine rings is 1. The third-order valence-electron chi connectivity index (χ3n) is 6.65. The highest BCUT2D eigenvalue weighted by Gasteiger charge is 2.18. The van der Waals surface area contributed by atoms with Crippen molar-refractivity contribution in [3.05, 3.63) is 132 Å². The van der Waals surface area contributed by atoms with E-state index in [-0.39, 0.29) is 17.6 Å². The van der Waals surface area contributed by atoms with Crippen LogP contribution in [0.2, 0.25) is 0 Å². The van der Waals surface area contributed by atoms with Crippen molar-refractivity contribution in [1.82, 2.24) is 4.98 Å². The molecule has 0 radical (unpaired) electrons. The molecule has 0 unspecified atom stereocenters. The van der Waals surface area contributed by atoms with Gasteiger partial charge in [0.2, 0.25) is 0 Å². The summed E-state index contributed by atoms with van der Waals surface area (Å²) in [7, 11) is 0. The van der Waals surface area contributed by atoms with E-state index in [1.54, 1.807) is 48.7 Å². The van der Waals surface area contributed by atoms with Crippen LogP contribution in [0.1, 0.15) is 46.9 Å². The van der Waals surface area contributed by atoms with Gasteiger partial charge in [0.25, 0.3) is 12.4 Å². The average Bonchev–Trinajstić information content (AvgIpc) is 3.03. The minimum absolute atomic E-state index is 0.0234. The van der Waals surface area contributed by atoms with Crippen LogP contribution >= 0.6 is 0 Å². The number of nitrogens with zero attached hydrogens (tertiary/aromatic N) is 1. The molecule has 4 aromatic carbocycles. The summed E-state index contributed by atoms with van der Waals surface area (Å²) in [5, 5.41) is 2.86. The van der Waals surface area contributed by atoms with E-state index in [2.05, 4.69) is 10.3 Å². The van der Waals surface area contributed by atoms with Crippen LogP contribution < -0.4 is 24.3 Å². The summed E-state index contributed by atoms with van der Waals surface area (Å²) in [4.78, 5) is 29.0. The Morgan fingerprint density at radius 2 is 1.52 bits per heavy atom. The van der Waals surface area contributed by atoms with Crippen molar-refractivity contribution < 1.29 is 28.5 Å². The van der Waals surface area contributed by atoms with E-state index >= 15 is 0 Å². The first kappa shape index (κ1) is 29.8. The molecule has 0 aliphatic carbocycles. The number of carbonyl (C=O) groups is 2. The van der Waals surface area contributed by atoms with Crippen molar-refractivity contribution in [3.8, 4) is 34.5 Å². The molecule has 1 N–H and O–H groups in total. The van der Waals surface area contributed by atoms with Gasteiger partial charge in [-0.15, -0.1) is 0 Å². The maximum Gasteiger partial charge on any atom is 0.298 e. The Morgan fingerprint density at radius 3 is 2.20 bits per heavy atom. The SMILES string of the molecule is Cc1cccc(OCc2ccc(Oc3cc(OC=O)c(NC(=O)c4ccc(Oc5ccccc5)cc4)cc3C(C)C)cn2)c1. The molecule has 0 spiro atoms. The number of ether oxygens (including phenoxy) is 4. The van der Waals surface area contributed by atoms with Gasteiger partial charge in [0.1, 0.15) is 35.4 Å². The molecule has 0 saturated heterocycles. The zero-order valence-corrected chi connectivity index (χ0v) is 24.7. The second-order valence-corrected chi connectivity index (χ2v) is 10.3. The second kappa shape index (κ2) is 14.0. The smallest absolute Gasteiger partial charge is 0.298 e. The van der Waals surface area contributed by atoms with Crippen molar-refractivity contribution in [3.63, 3.8) is 0 Å². The minimum atomic E-state index is -0.372. The molecule has 8 heteroatoms. The van der Waals surface area contributed by atoms with Gasteiger partial charge in [0.05, 0.1) is 17.6 Å². The van der Waals surface area contributed by atoms with Crippen LogP contribution in [0.3, 0.4) is 0 Å². The third-order valence-corrected chi connectivity index (χ3v) is 6.65. The molecule has 8 nitrogen and oxygen atoms in total. The molecular formula is C36H32N2O6. The molecule has 0 bridgehead atoms. The fraction of sp³-hybridized carbons (Fsp3) is 0.139. The molecule has 222 valence electrons. The first-order valence-corrected chi connectivity index (χ1v) is 14.1. The predicted octanol–water partition coefficient (Wildman–Crippen LogP) is 8.46. The standard InChI is InChI=1S/C36H32N2O6/c1-24(2)32-19-33(38-36(40)26-12-15-29(16-13-26)43-28-9-5-4-6-10-28)35(42-23-39)20-34(32)44-31-17-14-27(37-21-31)22-41-30-11-7-8-25(3)18-30/h4-21,23-24H,22H2,1-3H3,(H,38,40). The van der Waals surface area contributed by atoms with Crippen molar-refractivity contribution in [2.75, 3.05) is 5.32 Å². The van der Waals surface area contributed by atoms with Crippen molar-refractivity contribution in [2.45, 2.75) is 33.3 Å². The molecule has 0 aliphatic rings. The Morgan fingerprint density at radius 1 is 0.795 bits per heavy atom. The van der Waals surface area contributed by atoms with E-state index in [0.717, 1.165) is 22.6 Å². The monoisotopic (exact) mass is 588 g/mol. The first-order valence-electron chi connectivity index (χ1n) is 14.1. The Balaban J connectivity index is 1.30. The maximum absolute atomic E-state index is 13.1. The summed E-state index contributed by atoms with van der Waals surface area (Å²) >= 11 is 0. The molecule has 1 aromatic heterocycles. The summed E-state index contributed by atoms with van der Waals surface area (Å²) in [6, 6.07) is 30.9. The second-order valence-electron chi connectivity index (χ2n) is 10.3. The van der Waals surface area contributed by atoms with Gasteiger partial charge in [0.15, 0.2) is 5.75 Å². The van der Waals surface area contributed by atoms with Crippen LogP contribution in [0.4, 0.5) is 5.69 Å². The van der Waals surface area contributed by atoms with E-state index in [4.69, 9.17) is 18.9 Å². The zero-order valence-electron chi connectivity index (χ0n) is 24.7. The van der Waals surface area contributed by atoms with Gasteiger partial charge >= 0.3 is 0 Å². The Bertz CT molecular complexity index is 1720. The van der Waals surface area contributed by atoms with Crippen LogP contribution in [-0.4, -0.2) is 17.4 Å². The molecule has 1 amide bonds. The number of nitrogens with one attached hydrogen (secondary N) is 1. The summed E-state index contributed by atoms with van der Waals surface area (Å²) in [6.45, 7) is 6.64. The lowest BCUT2D eigenvalue weighted by molar-refractivity contribution is -0.120. The molecule has 44 heavy (non-hydrogen) atoms. The van der Waals surface area contributed by atoms with Crippen molar-refractivity contribution >= 4 is 18.1 Å². The molecule has 0 fully saturated rings. The number of hydrogen-bond donors (Lipinski definition) is 1. The Kier molecular flexibility index (Phi) is 9.51. The highest BCUT2D eigenvalue weighted by Crippen LogP contribution is 2.39. The predicted molar refractivity (Wildman–Crippen MR) is 168 cm³/mol. The van der Waals surface area contributed by atoms with Crippen LogP contribution in [0.15, 0.2) is 109 Å². The molecule has 1 heterocycles. The fourth-order valence-corrected chi connectivity index (χ4v) is 4.40. The highest BCUT2D eigenvalue weighted by molar-refractivity contribution is 6.05. The summed E-state index contributed by atoms with van der Waals surface area (Å²) < 4.78 is 23.1. The van der Waals surface area contributed by atoms with Gasteiger partial charge in [-0.1, -0.05) is 44.2 Å². The topological polar surface area (TPSA) is 96.0 Å². The number of benzene rings is 4. The molecule has 5 rings (SSSR count). The Labute approximate surface area is 256 Å². The molecule has 0 atom stereocenters. The number of para-hydroxylation sites is 1. The molecule has 5 aromatic rings. The van der Waals surface area contributed by atoms with Crippen LogP contribution in [0.5, 0.6) is 34.5 Å². The highest BCUT2D eigenvalue weighted by atomic mass is 16.5. The number of aryl methyl sites for hydroxylation is 1. The summed E-state index contributed by atoms with van der Waals surface area (Å²) in [5.74, 6) is 2.84. The van der Waals surface area contributed by atoms with Crippen LogP contribution in [0, 0.1) is 6.92 Å². The van der Waals surface area contributed by atoms with E-state index < -0.39 is 0 Å². The number of hydrogen-bond acceptors (Lipinski definition) is 7. The average molecular weight is 589 g/mol. The van der Waals surface area contributed by atoms with Gasteiger partial charge in [-0.05, 0) is 90.7 Å². The molecule has 0 aliphatic heterocycles. The number of carbonyl (C=O) groups excluding carboxylic acids is 2. The van der Waals surface area contributed by atoms with E-state index in [1.165, 1.54) is 0 Å². The number of anilines is 1. The normalized spacial score (nSPS) is 10.6. The van der Waals surface area contributed by atoms with Gasteiger partial charge < -0.3 is 24.3 Å². The van der Waals surface area contributed by atoms with Crippen molar-refractivity contribution in [1.29, 1.82) is 0 Å². The summed E-state index contributed by atoms with van der Waals surface area (Å²) in [6.07, 6.45) is 1.61. The van der Waals surface area contributed by atoms with Gasteiger partial charge in [-0.2, -0.15) is 0 Å². The quantitative estimate of drug-likeness (QED) is 0.146. The zero-order chi connectivity index (χ0) is 30.9. The van der Waals surface area contributed by atoms with Crippen LogP contribution in [-0.2, 0) is 11.4 Å². The lowest BCUT2D eigenvalue weighted by Crippen LogP contribution is -2.13. The number of amides is 1. The minimum Gasteiger partial charge on any atom is -0.487 e. The summed E-state index contributed by atoms with van der Waals surface area (Å²) in [5.41, 5.74) is 3.41. The molecular weight excluding hydrogens is 556 g/mol. The van der Waals surface area contributed by atoms with E-state index in [0.29, 0.717) is 47.3 Å². The largest absolute Gasteiger partial charge is 0.487 e. The Hall–Kier alpha value is -5.63.